The molecule has 0 aromatic heterocycles. The van der Waals surface area contributed by atoms with Crippen LogP contribution in [0.4, 0.5) is 8.78 Å². The molecule has 0 unspecified atom stereocenters. The molecule has 1 aromatic carbocycles. The van der Waals surface area contributed by atoms with Crippen LogP contribution in [0, 0.1) is 0 Å². The van der Waals surface area contributed by atoms with Gasteiger partial charge in [0, 0.05) is 16.2 Å². The Morgan fingerprint density at radius 3 is 2.21 bits per heavy atom. The fourth-order valence-corrected chi connectivity index (χ4v) is 2.39. The van der Waals surface area contributed by atoms with Gasteiger partial charge in [-0.15, -0.1) is 0 Å². The molecule has 78 valence electrons. The van der Waals surface area contributed by atoms with Gasteiger partial charge in [0.1, 0.15) is 4.90 Å². The minimum absolute atomic E-state index is 0.308. The molecule has 2 nitrogen and oxygen atoms in total. The first-order valence-electron chi connectivity index (χ1n) is 3.34. The third-order valence-electron chi connectivity index (χ3n) is 1.47. The zero-order valence-electron chi connectivity index (χ0n) is 6.55. The van der Waals surface area contributed by atoms with Gasteiger partial charge in [-0.2, -0.15) is 0 Å². The van der Waals surface area contributed by atoms with E-state index >= 15 is 0 Å². The summed E-state index contributed by atoms with van der Waals surface area (Å²) in [6.07, 6.45) is -2.69. The Bertz CT molecular complexity index is 445. The van der Waals surface area contributed by atoms with Crippen LogP contribution in [0.2, 0.25) is 5.02 Å². The number of rotatable bonds is 2. The Kier molecular flexibility index (Phi) is 3.34. The summed E-state index contributed by atoms with van der Waals surface area (Å²) >= 11 is 5.46. The fraction of sp³-hybridized carbons (Fsp3) is 0.143. The summed E-state index contributed by atoms with van der Waals surface area (Å²) in [4.78, 5) is -0.370. The molecule has 14 heavy (non-hydrogen) atoms. The molecular formula is C7H4Cl2F2O2S. The van der Waals surface area contributed by atoms with Crippen LogP contribution in [0.5, 0.6) is 0 Å². The second kappa shape index (κ2) is 4.00. The van der Waals surface area contributed by atoms with Gasteiger partial charge < -0.3 is 0 Å². The lowest BCUT2D eigenvalue weighted by atomic mass is 10.2. The maximum absolute atomic E-state index is 12.1. The van der Waals surface area contributed by atoms with Gasteiger partial charge >= 0.3 is 0 Å². The summed E-state index contributed by atoms with van der Waals surface area (Å²) in [6, 6.07) is 2.79. The van der Waals surface area contributed by atoms with Crippen molar-refractivity contribution in [1.82, 2.24) is 0 Å². The second-order valence-electron chi connectivity index (χ2n) is 2.43. The molecule has 1 rings (SSSR count). The van der Waals surface area contributed by atoms with Gasteiger partial charge in [0.25, 0.3) is 15.5 Å². The number of hydrogen-bond acceptors (Lipinski definition) is 2. The molecule has 1 aromatic rings. The molecule has 0 aliphatic heterocycles. The van der Waals surface area contributed by atoms with Crippen molar-refractivity contribution in [3.8, 4) is 0 Å². The lowest BCUT2D eigenvalue weighted by Gasteiger charge is -2.03. The van der Waals surface area contributed by atoms with Crippen LogP contribution in [0.25, 0.3) is 0 Å². The summed E-state index contributed by atoms with van der Waals surface area (Å²) in [7, 11) is 1.02. The van der Waals surface area contributed by atoms with E-state index < -0.39 is 15.5 Å². The van der Waals surface area contributed by atoms with Crippen LogP contribution in [0.15, 0.2) is 23.1 Å². The van der Waals surface area contributed by atoms with E-state index in [0.717, 1.165) is 18.2 Å². The Morgan fingerprint density at radius 2 is 1.86 bits per heavy atom. The van der Waals surface area contributed by atoms with Crippen LogP contribution >= 0.6 is 22.3 Å². The molecular weight excluding hydrogens is 257 g/mol. The quantitative estimate of drug-likeness (QED) is 0.766. The SMILES string of the molecule is O=S(=O)(Cl)c1ccc(C(F)F)cc1Cl. The molecule has 0 aliphatic carbocycles. The van der Waals surface area contributed by atoms with Gasteiger partial charge in [-0.3, -0.25) is 0 Å². The van der Waals surface area contributed by atoms with E-state index in [0.29, 0.717) is 0 Å². The van der Waals surface area contributed by atoms with Crippen LogP contribution < -0.4 is 0 Å². The largest absolute Gasteiger partial charge is 0.263 e. The zero-order valence-corrected chi connectivity index (χ0v) is 8.87. The molecule has 0 amide bonds. The van der Waals surface area contributed by atoms with E-state index in [1.165, 1.54) is 0 Å². The summed E-state index contributed by atoms with van der Waals surface area (Å²) in [5, 5.41) is -0.308. The van der Waals surface area contributed by atoms with Crippen molar-refractivity contribution in [2.24, 2.45) is 0 Å². The summed E-state index contributed by atoms with van der Waals surface area (Å²) in [6.45, 7) is 0. The molecule has 0 saturated carbocycles. The van der Waals surface area contributed by atoms with Crippen molar-refractivity contribution in [2.45, 2.75) is 11.3 Å². The third-order valence-corrected chi connectivity index (χ3v) is 3.28. The van der Waals surface area contributed by atoms with E-state index in [-0.39, 0.29) is 15.5 Å². The topological polar surface area (TPSA) is 34.1 Å². The monoisotopic (exact) mass is 260 g/mol. The standard InChI is InChI=1S/C7H4Cl2F2O2S/c8-5-3-4(7(10)11)1-2-6(5)14(9,12)13/h1-3,7H. The highest BCUT2D eigenvalue weighted by atomic mass is 35.7. The van der Waals surface area contributed by atoms with Crippen LogP contribution in [0.3, 0.4) is 0 Å². The minimum Gasteiger partial charge on any atom is -0.207 e. The van der Waals surface area contributed by atoms with Crippen molar-refractivity contribution in [1.29, 1.82) is 0 Å². The van der Waals surface area contributed by atoms with E-state index in [2.05, 4.69) is 0 Å². The molecule has 7 heteroatoms. The molecule has 0 bridgehead atoms. The molecule has 0 heterocycles. The summed E-state index contributed by atoms with van der Waals surface area (Å²) in [5.41, 5.74) is -0.348. The Labute approximate surface area is 88.9 Å². The molecule has 0 atom stereocenters. The average molecular weight is 261 g/mol. The smallest absolute Gasteiger partial charge is 0.207 e. The Hall–Kier alpha value is -0.390. The van der Waals surface area contributed by atoms with Crippen LogP contribution in [-0.4, -0.2) is 8.42 Å². The van der Waals surface area contributed by atoms with E-state index in [4.69, 9.17) is 22.3 Å². The minimum atomic E-state index is -3.98. The van der Waals surface area contributed by atoms with Gasteiger partial charge in [0.05, 0.1) is 5.02 Å². The number of alkyl halides is 2. The maximum atomic E-state index is 12.1. The number of halogens is 4. The lowest BCUT2D eigenvalue weighted by Crippen LogP contribution is -1.93. The fourth-order valence-electron chi connectivity index (χ4n) is 0.851. The summed E-state index contributed by atoms with van der Waals surface area (Å²) < 4.78 is 45.9. The van der Waals surface area contributed by atoms with Gasteiger partial charge in [-0.05, 0) is 12.1 Å². The van der Waals surface area contributed by atoms with Crippen molar-refractivity contribution in [3.63, 3.8) is 0 Å². The van der Waals surface area contributed by atoms with Crippen molar-refractivity contribution < 1.29 is 17.2 Å². The first kappa shape index (κ1) is 11.7. The highest BCUT2D eigenvalue weighted by Crippen LogP contribution is 2.29. The van der Waals surface area contributed by atoms with Gasteiger partial charge in [0.15, 0.2) is 0 Å². The highest BCUT2D eigenvalue weighted by Gasteiger charge is 2.17. The Morgan fingerprint density at radius 1 is 1.29 bits per heavy atom. The van der Waals surface area contributed by atoms with Crippen LogP contribution in [0.1, 0.15) is 12.0 Å². The average Bonchev–Trinajstić information content (AvgIpc) is 2.01. The maximum Gasteiger partial charge on any atom is 0.263 e. The van der Waals surface area contributed by atoms with E-state index in [1.54, 1.807) is 0 Å². The molecule has 0 spiro atoms. The highest BCUT2D eigenvalue weighted by molar-refractivity contribution is 8.13. The molecule has 0 saturated heterocycles. The van der Waals surface area contributed by atoms with E-state index in [9.17, 15) is 17.2 Å². The zero-order chi connectivity index (χ0) is 10.9. The molecule has 0 aliphatic rings. The first-order chi connectivity index (χ1) is 6.32. The van der Waals surface area contributed by atoms with Gasteiger partial charge in [-0.1, -0.05) is 17.7 Å². The van der Waals surface area contributed by atoms with Crippen molar-refractivity contribution >= 4 is 31.3 Å². The molecule has 0 N–H and O–H groups in total. The van der Waals surface area contributed by atoms with E-state index in [1.807, 2.05) is 0 Å². The summed E-state index contributed by atoms with van der Waals surface area (Å²) in [5.74, 6) is 0. The third kappa shape index (κ3) is 2.56. The second-order valence-corrected chi connectivity index (χ2v) is 5.37. The van der Waals surface area contributed by atoms with Gasteiger partial charge in [-0.25, -0.2) is 17.2 Å². The molecule has 0 fully saturated rings. The molecule has 0 radical (unpaired) electrons. The van der Waals surface area contributed by atoms with Crippen molar-refractivity contribution in [3.05, 3.63) is 28.8 Å². The van der Waals surface area contributed by atoms with Crippen molar-refractivity contribution in [2.75, 3.05) is 0 Å². The first-order valence-corrected chi connectivity index (χ1v) is 6.03. The normalized spacial score (nSPS) is 12.1. The predicted molar refractivity (Wildman–Crippen MR) is 49.4 cm³/mol. The van der Waals surface area contributed by atoms with Crippen LogP contribution in [-0.2, 0) is 9.05 Å². The van der Waals surface area contributed by atoms with Gasteiger partial charge in [0.2, 0.25) is 0 Å². The number of hydrogen-bond donors (Lipinski definition) is 0. The predicted octanol–water partition coefficient (Wildman–Crippen LogP) is 3.21. The Balaban J connectivity index is 3.28. The number of benzene rings is 1. The lowest BCUT2D eigenvalue weighted by molar-refractivity contribution is 0.151.